The number of H-pyrrole nitrogens is 1. The SMILES string of the molecule is CSCc1cc(N2CCOCC2)nc(-c2ccc3[nH]c(C)cc3c2)n1. The first kappa shape index (κ1) is 16.4. The molecular formula is C19H22N4OS. The minimum absolute atomic E-state index is 0.756. The highest BCUT2D eigenvalue weighted by Gasteiger charge is 2.16. The number of aromatic amines is 1. The first-order valence-electron chi connectivity index (χ1n) is 8.52. The zero-order valence-corrected chi connectivity index (χ0v) is 15.4. The molecule has 25 heavy (non-hydrogen) atoms. The first-order chi connectivity index (χ1) is 12.2. The average molecular weight is 354 g/mol. The molecule has 0 bridgehead atoms. The van der Waals surface area contributed by atoms with Crippen molar-refractivity contribution in [3.8, 4) is 11.4 Å². The third kappa shape index (κ3) is 3.50. The summed E-state index contributed by atoms with van der Waals surface area (Å²) in [5.41, 5.74) is 4.45. The molecular weight excluding hydrogens is 332 g/mol. The summed E-state index contributed by atoms with van der Waals surface area (Å²) < 4.78 is 5.47. The van der Waals surface area contributed by atoms with Crippen LogP contribution < -0.4 is 4.90 Å². The van der Waals surface area contributed by atoms with Crippen LogP contribution >= 0.6 is 11.8 Å². The monoisotopic (exact) mass is 354 g/mol. The molecule has 130 valence electrons. The second-order valence-electron chi connectivity index (χ2n) is 6.33. The highest BCUT2D eigenvalue weighted by Crippen LogP contribution is 2.26. The fraction of sp³-hybridized carbons (Fsp3) is 0.368. The molecule has 1 fully saturated rings. The van der Waals surface area contributed by atoms with Crippen molar-refractivity contribution in [3.05, 3.63) is 41.7 Å². The van der Waals surface area contributed by atoms with Crippen molar-refractivity contribution in [1.82, 2.24) is 15.0 Å². The van der Waals surface area contributed by atoms with E-state index in [2.05, 4.69) is 53.4 Å². The number of nitrogens with zero attached hydrogens (tertiary/aromatic N) is 3. The Balaban J connectivity index is 1.76. The van der Waals surface area contributed by atoms with Crippen molar-refractivity contribution in [2.45, 2.75) is 12.7 Å². The van der Waals surface area contributed by atoms with Crippen LogP contribution in [0.2, 0.25) is 0 Å². The number of aromatic nitrogens is 3. The lowest BCUT2D eigenvalue weighted by Crippen LogP contribution is -2.37. The Hall–Kier alpha value is -2.05. The average Bonchev–Trinajstić information content (AvgIpc) is 3.01. The molecule has 0 spiro atoms. The van der Waals surface area contributed by atoms with Gasteiger partial charge in [0.25, 0.3) is 0 Å². The summed E-state index contributed by atoms with van der Waals surface area (Å²) >= 11 is 1.78. The van der Waals surface area contributed by atoms with E-state index < -0.39 is 0 Å². The Kier molecular flexibility index (Phi) is 4.63. The topological polar surface area (TPSA) is 54.0 Å². The van der Waals surface area contributed by atoms with Crippen molar-refractivity contribution in [2.75, 3.05) is 37.5 Å². The van der Waals surface area contributed by atoms with Gasteiger partial charge in [-0.15, -0.1) is 0 Å². The maximum absolute atomic E-state index is 5.47. The molecule has 0 atom stereocenters. The van der Waals surface area contributed by atoms with E-state index in [1.54, 1.807) is 11.8 Å². The predicted octanol–water partition coefficient (Wildman–Crippen LogP) is 3.63. The normalized spacial score (nSPS) is 15.0. The second-order valence-corrected chi connectivity index (χ2v) is 7.19. The number of nitrogens with one attached hydrogen (secondary N) is 1. The van der Waals surface area contributed by atoms with Gasteiger partial charge in [0.05, 0.1) is 18.9 Å². The molecule has 1 aliphatic heterocycles. The molecule has 4 rings (SSSR count). The van der Waals surface area contributed by atoms with E-state index in [9.17, 15) is 0 Å². The Morgan fingerprint density at radius 1 is 1.16 bits per heavy atom. The number of thioether (sulfide) groups is 1. The minimum atomic E-state index is 0.756. The maximum atomic E-state index is 5.47. The van der Waals surface area contributed by atoms with Crippen molar-refractivity contribution in [1.29, 1.82) is 0 Å². The molecule has 5 nitrogen and oxygen atoms in total. The molecule has 1 saturated heterocycles. The Labute approximate surface area is 151 Å². The number of aryl methyl sites for hydroxylation is 1. The number of morpholine rings is 1. The summed E-state index contributed by atoms with van der Waals surface area (Å²) in [5, 5.41) is 1.20. The lowest BCUT2D eigenvalue weighted by Gasteiger charge is -2.28. The van der Waals surface area contributed by atoms with Gasteiger partial charge in [0.2, 0.25) is 0 Å². The van der Waals surface area contributed by atoms with Gasteiger partial charge in [0.15, 0.2) is 5.82 Å². The van der Waals surface area contributed by atoms with Crippen molar-refractivity contribution in [3.63, 3.8) is 0 Å². The molecule has 0 saturated carbocycles. The van der Waals surface area contributed by atoms with E-state index in [-0.39, 0.29) is 0 Å². The minimum Gasteiger partial charge on any atom is -0.378 e. The van der Waals surface area contributed by atoms with Crippen LogP contribution in [0.25, 0.3) is 22.3 Å². The molecule has 0 aliphatic carbocycles. The summed E-state index contributed by atoms with van der Waals surface area (Å²) in [4.78, 5) is 15.3. The smallest absolute Gasteiger partial charge is 0.161 e. The molecule has 1 aliphatic rings. The number of anilines is 1. The summed E-state index contributed by atoms with van der Waals surface area (Å²) in [6.45, 7) is 5.35. The fourth-order valence-electron chi connectivity index (χ4n) is 3.21. The van der Waals surface area contributed by atoms with Gasteiger partial charge in [0, 0.05) is 47.1 Å². The van der Waals surface area contributed by atoms with Crippen molar-refractivity contribution < 1.29 is 4.74 Å². The third-order valence-electron chi connectivity index (χ3n) is 4.41. The van der Waals surface area contributed by atoms with E-state index in [1.165, 1.54) is 11.1 Å². The van der Waals surface area contributed by atoms with Gasteiger partial charge in [0.1, 0.15) is 5.82 Å². The van der Waals surface area contributed by atoms with Gasteiger partial charge in [-0.05, 0) is 37.4 Å². The molecule has 2 aromatic heterocycles. The molecule has 0 radical (unpaired) electrons. The number of hydrogen-bond donors (Lipinski definition) is 1. The highest BCUT2D eigenvalue weighted by molar-refractivity contribution is 7.97. The van der Waals surface area contributed by atoms with Gasteiger partial charge in [-0.3, -0.25) is 0 Å². The van der Waals surface area contributed by atoms with Gasteiger partial charge in [-0.25, -0.2) is 9.97 Å². The highest BCUT2D eigenvalue weighted by atomic mass is 32.2. The van der Waals surface area contributed by atoms with E-state index >= 15 is 0 Å². The molecule has 3 aromatic rings. The van der Waals surface area contributed by atoms with Crippen LogP contribution in [0.5, 0.6) is 0 Å². The Morgan fingerprint density at radius 2 is 2.00 bits per heavy atom. The van der Waals surface area contributed by atoms with Crippen LogP contribution in [0.15, 0.2) is 30.3 Å². The maximum Gasteiger partial charge on any atom is 0.161 e. The third-order valence-corrected chi connectivity index (χ3v) is 4.99. The van der Waals surface area contributed by atoms with Crippen LogP contribution in [-0.4, -0.2) is 47.5 Å². The molecule has 1 N–H and O–H groups in total. The van der Waals surface area contributed by atoms with E-state index in [0.29, 0.717) is 0 Å². The van der Waals surface area contributed by atoms with Crippen molar-refractivity contribution >= 4 is 28.5 Å². The fourth-order valence-corrected chi connectivity index (χ4v) is 3.65. The lowest BCUT2D eigenvalue weighted by molar-refractivity contribution is 0.122. The quantitative estimate of drug-likeness (QED) is 0.775. The predicted molar refractivity (Wildman–Crippen MR) is 104 cm³/mol. The molecule has 1 aromatic carbocycles. The van der Waals surface area contributed by atoms with E-state index in [0.717, 1.165) is 60.5 Å². The summed E-state index contributed by atoms with van der Waals surface area (Å²) in [7, 11) is 0. The zero-order valence-electron chi connectivity index (χ0n) is 14.6. The molecule has 0 amide bonds. The first-order valence-corrected chi connectivity index (χ1v) is 9.91. The standard InChI is InChI=1S/C19H22N4OS/c1-13-9-15-10-14(3-4-17(15)20-13)19-21-16(12-25-2)11-18(22-19)23-5-7-24-8-6-23/h3-4,9-11,20H,5-8,12H2,1-2H3. The number of benzene rings is 1. The van der Waals surface area contributed by atoms with Crippen molar-refractivity contribution in [2.24, 2.45) is 0 Å². The number of fused-ring (bicyclic) bond motifs is 1. The molecule has 6 heteroatoms. The van der Waals surface area contributed by atoms with Crippen LogP contribution in [0.1, 0.15) is 11.4 Å². The Morgan fingerprint density at radius 3 is 2.80 bits per heavy atom. The Bertz CT molecular complexity index is 886. The van der Waals surface area contributed by atoms with Gasteiger partial charge in [-0.2, -0.15) is 11.8 Å². The van der Waals surface area contributed by atoms with Crippen LogP contribution in [0.3, 0.4) is 0 Å². The largest absolute Gasteiger partial charge is 0.378 e. The lowest BCUT2D eigenvalue weighted by atomic mass is 10.1. The number of ether oxygens (including phenoxy) is 1. The zero-order chi connectivity index (χ0) is 17.2. The van der Waals surface area contributed by atoms with E-state index in [1.807, 2.05) is 0 Å². The van der Waals surface area contributed by atoms with Gasteiger partial charge >= 0.3 is 0 Å². The second kappa shape index (κ2) is 7.06. The van der Waals surface area contributed by atoms with E-state index in [4.69, 9.17) is 14.7 Å². The summed E-state index contributed by atoms with van der Waals surface area (Å²) in [5.74, 6) is 2.69. The summed E-state index contributed by atoms with van der Waals surface area (Å²) in [6, 6.07) is 10.6. The summed E-state index contributed by atoms with van der Waals surface area (Å²) in [6.07, 6.45) is 2.10. The van der Waals surface area contributed by atoms with Crippen LogP contribution in [-0.2, 0) is 10.5 Å². The number of hydrogen-bond acceptors (Lipinski definition) is 5. The van der Waals surface area contributed by atoms with Gasteiger partial charge < -0.3 is 14.6 Å². The molecule has 0 unspecified atom stereocenters. The van der Waals surface area contributed by atoms with Gasteiger partial charge in [-0.1, -0.05) is 0 Å². The van der Waals surface area contributed by atoms with Crippen LogP contribution in [0, 0.1) is 6.92 Å². The molecule has 3 heterocycles. The number of rotatable bonds is 4. The van der Waals surface area contributed by atoms with Crippen LogP contribution in [0.4, 0.5) is 5.82 Å².